The molecule has 2 heterocycles. The Kier molecular flexibility index (Phi) is 5.18. The SMILES string of the molecule is COc1ccc(NC(=S)N2CCn3cccc3C2c2ccc([N+](=O)[O-])cc2)cc1. The molecule has 1 aromatic heterocycles. The van der Waals surface area contributed by atoms with Crippen molar-refractivity contribution in [2.75, 3.05) is 19.0 Å². The molecule has 4 rings (SSSR count). The van der Waals surface area contributed by atoms with Gasteiger partial charge in [-0.3, -0.25) is 10.1 Å². The van der Waals surface area contributed by atoms with Crippen LogP contribution in [0.3, 0.4) is 0 Å². The minimum Gasteiger partial charge on any atom is -0.497 e. The molecule has 7 nitrogen and oxygen atoms in total. The fourth-order valence-electron chi connectivity index (χ4n) is 3.60. The first-order valence-corrected chi connectivity index (χ1v) is 9.58. The first-order chi connectivity index (χ1) is 14.1. The van der Waals surface area contributed by atoms with Gasteiger partial charge in [-0.2, -0.15) is 0 Å². The summed E-state index contributed by atoms with van der Waals surface area (Å²) in [6, 6.07) is 18.2. The molecule has 29 heavy (non-hydrogen) atoms. The monoisotopic (exact) mass is 408 g/mol. The summed E-state index contributed by atoms with van der Waals surface area (Å²) in [5.41, 5.74) is 3.00. The summed E-state index contributed by atoms with van der Waals surface area (Å²) >= 11 is 5.73. The maximum atomic E-state index is 11.0. The Labute approximate surface area is 173 Å². The third-order valence-electron chi connectivity index (χ3n) is 5.06. The van der Waals surface area contributed by atoms with Gasteiger partial charge in [-0.05, 0) is 66.3 Å². The molecule has 3 aromatic rings. The lowest BCUT2D eigenvalue weighted by Crippen LogP contribution is -2.44. The van der Waals surface area contributed by atoms with Gasteiger partial charge >= 0.3 is 0 Å². The van der Waals surface area contributed by atoms with Crippen LogP contribution in [0.1, 0.15) is 17.3 Å². The van der Waals surface area contributed by atoms with Crippen LogP contribution in [0.5, 0.6) is 5.75 Å². The van der Waals surface area contributed by atoms with E-state index < -0.39 is 0 Å². The third kappa shape index (κ3) is 3.79. The second-order valence-corrected chi connectivity index (χ2v) is 7.12. The van der Waals surface area contributed by atoms with Crippen LogP contribution in [0.15, 0.2) is 66.9 Å². The van der Waals surface area contributed by atoms with E-state index in [1.54, 1.807) is 19.2 Å². The zero-order valence-electron chi connectivity index (χ0n) is 15.8. The van der Waals surface area contributed by atoms with E-state index in [2.05, 4.69) is 20.9 Å². The van der Waals surface area contributed by atoms with Gasteiger partial charge in [0.2, 0.25) is 0 Å². The molecule has 0 saturated heterocycles. The highest BCUT2D eigenvalue weighted by Crippen LogP contribution is 2.33. The summed E-state index contributed by atoms with van der Waals surface area (Å²) in [7, 11) is 1.63. The van der Waals surface area contributed by atoms with E-state index in [1.165, 1.54) is 12.1 Å². The van der Waals surface area contributed by atoms with Gasteiger partial charge in [0, 0.05) is 42.8 Å². The van der Waals surface area contributed by atoms with Crippen LogP contribution < -0.4 is 10.1 Å². The van der Waals surface area contributed by atoms with E-state index >= 15 is 0 Å². The number of nitrogens with one attached hydrogen (secondary N) is 1. The minimum absolute atomic E-state index is 0.0745. The smallest absolute Gasteiger partial charge is 0.269 e. The average molecular weight is 408 g/mol. The third-order valence-corrected chi connectivity index (χ3v) is 5.40. The number of nitrogens with zero attached hydrogens (tertiary/aromatic N) is 3. The molecule has 0 amide bonds. The molecule has 2 aromatic carbocycles. The number of methoxy groups -OCH3 is 1. The van der Waals surface area contributed by atoms with Crippen molar-refractivity contribution in [1.29, 1.82) is 0 Å². The summed E-state index contributed by atoms with van der Waals surface area (Å²) < 4.78 is 7.39. The molecule has 1 aliphatic heterocycles. The predicted octanol–water partition coefficient (Wildman–Crippen LogP) is 4.21. The lowest BCUT2D eigenvalue weighted by Gasteiger charge is -2.39. The second kappa shape index (κ2) is 7.92. The van der Waals surface area contributed by atoms with Crippen molar-refractivity contribution >= 4 is 28.7 Å². The number of thiocarbonyl (C=S) groups is 1. The normalized spacial score (nSPS) is 15.5. The predicted molar refractivity (Wildman–Crippen MR) is 115 cm³/mol. The minimum atomic E-state index is -0.388. The van der Waals surface area contributed by atoms with Gasteiger partial charge in [-0.15, -0.1) is 0 Å². The fourth-order valence-corrected chi connectivity index (χ4v) is 3.92. The highest BCUT2D eigenvalue weighted by molar-refractivity contribution is 7.80. The summed E-state index contributed by atoms with van der Waals surface area (Å²) in [6.07, 6.45) is 2.05. The molecule has 8 heteroatoms. The number of fused-ring (bicyclic) bond motifs is 1. The van der Waals surface area contributed by atoms with Crippen molar-refractivity contribution in [3.05, 3.63) is 88.2 Å². The van der Waals surface area contributed by atoms with Crippen molar-refractivity contribution in [2.24, 2.45) is 0 Å². The summed E-state index contributed by atoms with van der Waals surface area (Å²) in [5.74, 6) is 0.779. The number of hydrogen-bond donors (Lipinski definition) is 1. The van der Waals surface area contributed by atoms with Gasteiger partial charge in [0.1, 0.15) is 5.75 Å². The molecule has 1 atom stereocenters. The maximum absolute atomic E-state index is 11.0. The molecule has 1 unspecified atom stereocenters. The van der Waals surface area contributed by atoms with E-state index in [1.807, 2.05) is 36.5 Å². The number of rotatable bonds is 4. The Bertz CT molecular complexity index is 1030. The lowest BCUT2D eigenvalue weighted by molar-refractivity contribution is -0.384. The largest absolute Gasteiger partial charge is 0.497 e. The number of nitro benzene ring substituents is 1. The van der Waals surface area contributed by atoms with Crippen molar-refractivity contribution in [3.8, 4) is 5.75 Å². The highest BCUT2D eigenvalue weighted by atomic mass is 32.1. The van der Waals surface area contributed by atoms with Crippen LogP contribution in [0.2, 0.25) is 0 Å². The Morgan fingerprint density at radius 2 is 1.86 bits per heavy atom. The van der Waals surface area contributed by atoms with Crippen LogP contribution >= 0.6 is 12.2 Å². The van der Waals surface area contributed by atoms with E-state index in [9.17, 15) is 10.1 Å². The number of nitro groups is 1. The fraction of sp³-hybridized carbons (Fsp3) is 0.190. The molecule has 0 spiro atoms. The number of benzene rings is 2. The van der Waals surface area contributed by atoms with Crippen molar-refractivity contribution < 1.29 is 9.66 Å². The number of non-ortho nitro benzene ring substituents is 1. The molecular formula is C21H20N4O3S. The van der Waals surface area contributed by atoms with E-state index in [-0.39, 0.29) is 16.7 Å². The van der Waals surface area contributed by atoms with Crippen LogP contribution in [0.25, 0.3) is 0 Å². The van der Waals surface area contributed by atoms with Gasteiger partial charge in [0.05, 0.1) is 18.1 Å². The molecule has 0 saturated carbocycles. The number of hydrogen-bond acceptors (Lipinski definition) is 4. The van der Waals surface area contributed by atoms with Crippen LogP contribution in [0.4, 0.5) is 11.4 Å². The number of anilines is 1. The average Bonchev–Trinajstić information content (AvgIpc) is 3.22. The first kappa shape index (κ1) is 18.9. The van der Waals surface area contributed by atoms with Crippen molar-refractivity contribution in [3.63, 3.8) is 0 Å². The summed E-state index contributed by atoms with van der Waals surface area (Å²) in [6.45, 7) is 1.54. The highest BCUT2D eigenvalue weighted by Gasteiger charge is 2.30. The Morgan fingerprint density at radius 3 is 2.52 bits per heavy atom. The first-order valence-electron chi connectivity index (χ1n) is 9.18. The molecule has 0 aliphatic carbocycles. The van der Waals surface area contributed by atoms with Gasteiger partial charge in [0.25, 0.3) is 5.69 Å². The van der Waals surface area contributed by atoms with Gasteiger partial charge in [-0.1, -0.05) is 0 Å². The summed E-state index contributed by atoms with van der Waals surface area (Å²) in [4.78, 5) is 12.8. The standard InChI is InChI=1S/C21H20N4O3S/c1-28-18-10-6-16(7-11-18)22-21(29)24-14-13-23-12-2-3-19(23)20(24)15-4-8-17(9-5-15)25(26)27/h2-12,20H,13-14H2,1H3,(H,22,29). The topological polar surface area (TPSA) is 72.6 Å². The molecular weight excluding hydrogens is 388 g/mol. The molecule has 1 N–H and O–H groups in total. The van der Waals surface area contributed by atoms with Gasteiger partial charge in [0.15, 0.2) is 5.11 Å². The maximum Gasteiger partial charge on any atom is 0.269 e. The molecule has 0 bridgehead atoms. The van der Waals surface area contributed by atoms with E-state index in [0.717, 1.165) is 35.8 Å². The second-order valence-electron chi connectivity index (χ2n) is 6.73. The Balaban J connectivity index is 1.63. The zero-order valence-corrected chi connectivity index (χ0v) is 16.6. The molecule has 0 radical (unpaired) electrons. The van der Waals surface area contributed by atoms with Crippen LogP contribution in [0, 0.1) is 10.1 Å². The summed E-state index contributed by atoms with van der Waals surface area (Å²) in [5, 5.41) is 14.9. The number of ether oxygens (including phenoxy) is 1. The van der Waals surface area contributed by atoms with Gasteiger partial charge in [-0.25, -0.2) is 0 Å². The van der Waals surface area contributed by atoms with Crippen molar-refractivity contribution in [1.82, 2.24) is 9.47 Å². The quantitative estimate of drug-likeness (QED) is 0.396. The Morgan fingerprint density at radius 1 is 1.14 bits per heavy atom. The zero-order chi connectivity index (χ0) is 20.4. The molecule has 1 aliphatic rings. The van der Waals surface area contributed by atoms with E-state index in [0.29, 0.717) is 5.11 Å². The Hall–Kier alpha value is -3.39. The number of aromatic nitrogens is 1. The molecule has 0 fully saturated rings. The van der Waals surface area contributed by atoms with Crippen LogP contribution in [-0.2, 0) is 6.54 Å². The lowest BCUT2D eigenvalue weighted by atomic mass is 10.00. The van der Waals surface area contributed by atoms with Gasteiger partial charge < -0.3 is 19.5 Å². The van der Waals surface area contributed by atoms with Crippen LogP contribution in [-0.4, -0.2) is 33.2 Å². The molecule has 148 valence electrons. The van der Waals surface area contributed by atoms with Crippen molar-refractivity contribution in [2.45, 2.75) is 12.6 Å². The van der Waals surface area contributed by atoms with E-state index in [4.69, 9.17) is 17.0 Å².